The molecule has 0 unspecified atom stereocenters. The lowest BCUT2D eigenvalue weighted by Crippen LogP contribution is -2.10. The van der Waals surface area contributed by atoms with Gasteiger partial charge in [-0.2, -0.15) is 0 Å². The standard InChI is InChI=1S/C19H11ClN2O3S/c20-17-16-14-7-2-1-4-11(14)8-9-15(16)26-18(17)19(23)21-12-5-3-6-13(10-12)22(24)25/h1-10H,(H,21,23). The molecular weight excluding hydrogens is 372 g/mol. The Bertz CT molecular complexity index is 1190. The Hall–Kier alpha value is -2.96. The zero-order valence-corrected chi connectivity index (χ0v) is 14.8. The number of hydrogen-bond acceptors (Lipinski definition) is 4. The quantitative estimate of drug-likeness (QED) is 0.356. The smallest absolute Gasteiger partial charge is 0.271 e. The third-order valence-corrected chi connectivity index (χ3v) is 5.69. The molecule has 0 saturated heterocycles. The molecule has 3 aromatic carbocycles. The van der Waals surface area contributed by atoms with Gasteiger partial charge in [0.25, 0.3) is 11.6 Å². The van der Waals surface area contributed by atoms with Crippen LogP contribution in [0.5, 0.6) is 0 Å². The SMILES string of the molecule is O=C(Nc1cccc([N+](=O)[O-])c1)c1sc2ccc3ccccc3c2c1Cl. The minimum absolute atomic E-state index is 0.0868. The number of hydrogen-bond donors (Lipinski definition) is 1. The van der Waals surface area contributed by atoms with E-state index in [1.165, 1.54) is 29.5 Å². The van der Waals surface area contributed by atoms with E-state index in [1.807, 2.05) is 36.4 Å². The second-order valence-corrected chi connectivity index (χ2v) is 7.10. The van der Waals surface area contributed by atoms with Gasteiger partial charge < -0.3 is 5.32 Å². The van der Waals surface area contributed by atoms with E-state index in [-0.39, 0.29) is 11.6 Å². The highest BCUT2D eigenvalue weighted by Gasteiger charge is 2.19. The molecule has 0 aliphatic rings. The molecule has 0 spiro atoms. The Balaban J connectivity index is 1.76. The maximum Gasteiger partial charge on any atom is 0.271 e. The summed E-state index contributed by atoms with van der Waals surface area (Å²) in [6.45, 7) is 0. The number of amides is 1. The van der Waals surface area contributed by atoms with Gasteiger partial charge in [-0.15, -0.1) is 11.3 Å². The number of non-ortho nitro benzene ring substituents is 1. The lowest BCUT2D eigenvalue weighted by molar-refractivity contribution is -0.384. The van der Waals surface area contributed by atoms with Gasteiger partial charge in [-0.25, -0.2) is 0 Å². The van der Waals surface area contributed by atoms with Crippen LogP contribution in [-0.2, 0) is 0 Å². The van der Waals surface area contributed by atoms with Gasteiger partial charge in [-0.1, -0.05) is 48.0 Å². The van der Waals surface area contributed by atoms with E-state index in [4.69, 9.17) is 11.6 Å². The van der Waals surface area contributed by atoms with Crippen LogP contribution in [-0.4, -0.2) is 10.8 Å². The minimum atomic E-state index is -0.506. The number of halogens is 1. The van der Waals surface area contributed by atoms with Crippen molar-refractivity contribution in [3.8, 4) is 0 Å². The van der Waals surface area contributed by atoms with Crippen molar-refractivity contribution in [3.05, 3.63) is 80.7 Å². The van der Waals surface area contributed by atoms with E-state index < -0.39 is 4.92 Å². The van der Waals surface area contributed by atoms with E-state index in [1.54, 1.807) is 6.07 Å². The number of anilines is 1. The summed E-state index contributed by atoms with van der Waals surface area (Å²) >= 11 is 7.82. The molecule has 0 saturated carbocycles. The summed E-state index contributed by atoms with van der Waals surface area (Å²) in [4.78, 5) is 23.4. The number of rotatable bonds is 3. The predicted octanol–water partition coefficient (Wildman–Crippen LogP) is 5.87. The van der Waals surface area contributed by atoms with Crippen molar-refractivity contribution in [2.75, 3.05) is 5.32 Å². The summed E-state index contributed by atoms with van der Waals surface area (Å²) < 4.78 is 0.915. The van der Waals surface area contributed by atoms with Crippen molar-refractivity contribution < 1.29 is 9.72 Å². The van der Waals surface area contributed by atoms with Crippen LogP contribution in [0, 0.1) is 10.1 Å². The van der Waals surface area contributed by atoms with E-state index in [0.29, 0.717) is 15.6 Å². The van der Waals surface area contributed by atoms with E-state index in [9.17, 15) is 14.9 Å². The van der Waals surface area contributed by atoms with Gasteiger partial charge in [0.2, 0.25) is 0 Å². The molecule has 1 heterocycles. The highest BCUT2D eigenvalue weighted by molar-refractivity contribution is 7.22. The molecule has 4 rings (SSSR count). The molecule has 0 aliphatic heterocycles. The van der Waals surface area contributed by atoms with Gasteiger partial charge in [0.1, 0.15) is 4.88 Å². The summed E-state index contributed by atoms with van der Waals surface area (Å²) in [6, 6.07) is 17.6. The van der Waals surface area contributed by atoms with Gasteiger partial charge in [0, 0.05) is 27.9 Å². The van der Waals surface area contributed by atoms with Crippen LogP contribution in [0.2, 0.25) is 5.02 Å². The zero-order chi connectivity index (χ0) is 18.3. The number of nitro benzene ring substituents is 1. The first-order valence-corrected chi connectivity index (χ1v) is 8.89. The first kappa shape index (κ1) is 16.5. The second-order valence-electron chi connectivity index (χ2n) is 5.67. The molecule has 0 fully saturated rings. The van der Waals surface area contributed by atoms with Crippen LogP contribution in [0.25, 0.3) is 20.9 Å². The van der Waals surface area contributed by atoms with Crippen LogP contribution in [0.4, 0.5) is 11.4 Å². The van der Waals surface area contributed by atoms with Crippen LogP contribution in [0.15, 0.2) is 60.7 Å². The summed E-state index contributed by atoms with van der Waals surface area (Å²) in [5.41, 5.74) is 0.263. The number of thiophene rings is 1. The molecule has 1 aromatic heterocycles. The number of carbonyl (C=O) groups is 1. The largest absolute Gasteiger partial charge is 0.321 e. The molecule has 0 atom stereocenters. The normalized spacial score (nSPS) is 11.0. The number of nitrogens with zero attached hydrogens (tertiary/aromatic N) is 1. The summed E-state index contributed by atoms with van der Waals surface area (Å²) in [5, 5.41) is 16.8. The van der Waals surface area contributed by atoms with Gasteiger partial charge in [0.15, 0.2) is 0 Å². The highest BCUT2D eigenvalue weighted by Crippen LogP contribution is 2.40. The van der Waals surface area contributed by atoms with Crippen molar-refractivity contribution in [1.29, 1.82) is 0 Å². The fourth-order valence-corrected chi connectivity index (χ4v) is 4.33. The van der Waals surface area contributed by atoms with Gasteiger partial charge in [0.05, 0.1) is 9.95 Å². The fraction of sp³-hybridized carbons (Fsp3) is 0. The maximum atomic E-state index is 12.7. The van der Waals surface area contributed by atoms with E-state index in [2.05, 4.69) is 5.32 Å². The average molecular weight is 383 g/mol. The highest BCUT2D eigenvalue weighted by atomic mass is 35.5. The Morgan fingerprint density at radius 2 is 1.88 bits per heavy atom. The van der Waals surface area contributed by atoms with Crippen LogP contribution >= 0.6 is 22.9 Å². The molecule has 128 valence electrons. The topological polar surface area (TPSA) is 72.2 Å². The van der Waals surface area contributed by atoms with Gasteiger partial charge >= 0.3 is 0 Å². The van der Waals surface area contributed by atoms with Crippen LogP contribution < -0.4 is 5.32 Å². The van der Waals surface area contributed by atoms with Gasteiger partial charge in [-0.05, 0) is 22.9 Å². The monoisotopic (exact) mass is 382 g/mol. The molecule has 4 aromatic rings. The third-order valence-electron chi connectivity index (χ3n) is 4.04. The van der Waals surface area contributed by atoms with Crippen molar-refractivity contribution in [2.45, 2.75) is 0 Å². The lowest BCUT2D eigenvalue weighted by atomic mass is 10.1. The Labute approximate surface area is 157 Å². The lowest BCUT2D eigenvalue weighted by Gasteiger charge is -2.04. The molecule has 7 heteroatoms. The van der Waals surface area contributed by atoms with Crippen molar-refractivity contribution in [2.24, 2.45) is 0 Å². The predicted molar refractivity (Wildman–Crippen MR) is 105 cm³/mol. The zero-order valence-electron chi connectivity index (χ0n) is 13.2. The molecule has 26 heavy (non-hydrogen) atoms. The molecule has 0 radical (unpaired) electrons. The Morgan fingerprint density at radius 3 is 2.69 bits per heavy atom. The fourth-order valence-electron chi connectivity index (χ4n) is 2.86. The molecule has 5 nitrogen and oxygen atoms in total. The van der Waals surface area contributed by atoms with E-state index in [0.717, 1.165) is 20.9 Å². The molecule has 0 bridgehead atoms. The van der Waals surface area contributed by atoms with Crippen molar-refractivity contribution in [1.82, 2.24) is 0 Å². The minimum Gasteiger partial charge on any atom is -0.321 e. The van der Waals surface area contributed by atoms with Crippen LogP contribution in [0.1, 0.15) is 9.67 Å². The molecule has 0 aliphatic carbocycles. The summed E-state index contributed by atoms with van der Waals surface area (Å²) in [5.74, 6) is -0.388. The maximum absolute atomic E-state index is 12.7. The number of fused-ring (bicyclic) bond motifs is 3. The molecule has 1 amide bonds. The number of carbonyl (C=O) groups excluding carboxylic acids is 1. The average Bonchev–Trinajstić information content (AvgIpc) is 2.99. The first-order chi connectivity index (χ1) is 12.5. The summed E-state index contributed by atoms with van der Waals surface area (Å²) in [6.07, 6.45) is 0. The number of nitro groups is 1. The molecular formula is C19H11ClN2O3S. The van der Waals surface area contributed by atoms with E-state index >= 15 is 0 Å². The second kappa shape index (κ2) is 6.40. The first-order valence-electron chi connectivity index (χ1n) is 7.70. The van der Waals surface area contributed by atoms with Crippen molar-refractivity contribution >= 4 is 61.1 Å². The Kier molecular flexibility index (Phi) is 4.06. The van der Waals surface area contributed by atoms with Crippen molar-refractivity contribution in [3.63, 3.8) is 0 Å². The Morgan fingerprint density at radius 1 is 1.08 bits per heavy atom. The number of benzene rings is 3. The number of nitrogens with one attached hydrogen (secondary N) is 1. The molecule has 1 N–H and O–H groups in total. The van der Waals surface area contributed by atoms with Gasteiger partial charge in [-0.3, -0.25) is 14.9 Å². The summed E-state index contributed by atoms with van der Waals surface area (Å²) in [7, 11) is 0. The third kappa shape index (κ3) is 2.79. The van der Waals surface area contributed by atoms with Crippen LogP contribution in [0.3, 0.4) is 0 Å².